The van der Waals surface area contributed by atoms with Crippen LogP contribution in [-0.2, 0) is 47.3 Å². The molecule has 4 aromatic rings. The molecule has 16 nitrogen and oxygen atoms in total. The topological polar surface area (TPSA) is 195 Å². The summed E-state index contributed by atoms with van der Waals surface area (Å²) in [5, 5.41) is 2.12. The van der Waals surface area contributed by atoms with Crippen molar-refractivity contribution in [3.63, 3.8) is 0 Å². The molecule has 0 radical (unpaired) electrons. The van der Waals surface area contributed by atoms with E-state index in [1.165, 1.54) is 35.2 Å². The van der Waals surface area contributed by atoms with Gasteiger partial charge in [-0.15, -0.1) is 12.4 Å². The third kappa shape index (κ3) is 13.1. The Morgan fingerprint density at radius 1 is 0.661 bits per heavy atom. The van der Waals surface area contributed by atoms with Gasteiger partial charge >= 0.3 is 18.0 Å². The first kappa shape index (κ1) is 49.4. The lowest BCUT2D eigenvalue weighted by Gasteiger charge is -2.35. The van der Waals surface area contributed by atoms with E-state index in [-0.39, 0.29) is 31.1 Å². The highest BCUT2D eigenvalue weighted by molar-refractivity contribution is 7.93. The summed E-state index contributed by atoms with van der Waals surface area (Å²) in [6.07, 6.45) is 4.12. The lowest BCUT2D eigenvalue weighted by atomic mass is 10.1. The molecule has 2 saturated heterocycles. The van der Waals surface area contributed by atoms with E-state index in [0.717, 1.165) is 0 Å². The molecule has 19 heteroatoms. The van der Waals surface area contributed by atoms with Crippen LogP contribution in [0.2, 0.25) is 0 Å². The van der Waals surface area contributed by atoms with Gasteiger partial charge in [-0.25, -0.2) is 31.2 Å². The van der Waals surface area contributed by atoms with Gasteiger partial charge in [-0.05, 0) is 108 Å². The highest BCUT2D eigenvalue weighted by atomic mass is 35.5. The van der Waals surface area contributed by atoms with Crippen LogP contribution < -0.4 is 13.9 Å². The van der Waals surface area contributed by atoms with Crippen LogP contribution in [0.4, 0.5) is 16.2 Å². The van der Waals surface area contributed by atoms with E-state index in [1.54, 1.807) is 86.3 Å². The quantitative estimate of drug-likeness (QED) is 0.129. The van der Waals surface area contributed by atoms with Gasteiger partial charge < -0.3 is 24.4 Å². The number of esters is 2. The van der Waals surface area contributed by atoms with E-state index in [1.807, 2.05) is 24.3 Å². The van der Waals surface area contributed by atoms with Gasteiger partial charge in [0.05, 0.1) is 71.7 Å². The zero-order chi connectivity index (χ0) is 44.2. The Bertz CT molecular complexity index is 2290. The number of pyridine rings is 2. The average molecular weight is 916 g/mol. The number of anilines is 2. The standard InChI is InChI=1S/C24H31N3O6S.C19H23N3O4S.ClH/c1-24(2,3)33-23(29)26-14-12-21(13-15-26)34(30,31)27(20-8-6-5-7-9-20)17-19-11-10-18(16-25-19)22(28)32-4;1-26-19(23)15-7-8-16(21-13-15)14-22(17-5-3-2-4-6-17)27(24,25)18-9-11-20-12-10-18;/h5-11,16,21H,12-15,17H2,1-4H3;2-8,13,18,20H,9-12,14H2,1H3;1H. The Balaban J connectivity index is 0.000000275. The average Bonchev–Trinajstić information content (AvgIpc) is 3.27. The highest BCUT2D eigenvalue weighted by Crippen LogP contribution is 2.29. The van der Waals surface area contributed by atoms with Crippen molar-refractivity contribution in [2.75, 3.05) is 49.0 Å². The van der Waals surface area contributed by atoms with E-state index < -0.39 is 54.2 Å². The van der Waals surface area contributed by atoms with Gasteiger partial charge in [-0.2, -0.15) is 0 Å². The predicted molar refractivity (Wildman–Crippen MR) is 238 cm³/mol. The van der Waals surface area contributed by atoms with Gasteiger partial charge in [0.25, 0.3) is 0 Å². The molecule has 2 aromatic heterocycles. The molecule has 4 heterocycles. The molecule has 0 saturated carbocycles. The largest absolute Gasteiger partial charge is 0.465 e. The smallest absolute Gasteiger partial charge is 0.410 e. The van der Waals surface area contributed by atoms with E-state index in [2.05, 4.69) is 20.0 Å². The molecule has 0 spiro atoms. The summed E-state index contributed by atoms with van der Waals surface area (Å²) in [6.45, 7) is 7.50. The van der Waals surface area contributed by atoms with Crippen LogP contribution >= 0.6 is 12.4 Å². The van der Waals surface area contributed by atoms with Gasteiger partial charge in [0.2, 0.25) is 20.0 Å². The number of benzene rings is 2. The molecule has 1 amide bonds. The number of halogens is 1. The minimum Gasteiger partial charge on any atom is -0.465 e. The Morgan fingerprint density at radius 3 is 1.42 bits per heavy atom. The van der Waals surface area contributed by atoms with E-state index >= 15 is 0 Å². The zero-order valence-electron chi connectivity index (χ0n) is 35.5. The van der Waals surface area contributed by atoms with Crippen molar-refractivity contribution >= 4 is 61.9 Å². The number of para-hydroxylation sites is 2. The Labute approximate surface area is 370 Å². The Morgan fingerprint density at radius 2 is 1.06 bits per heavy atom. The minimum absolute atomic E-state index is 0. The van der Waals surface area contributed by atoms with E-state index in [0.29, 0.717) is 80.2 Å². The summed E-state index contributed by atoms with van der Waals surface area (Å²) in [4.78, 5) is 45.7. The van der Waals surface area contributed by atoms with Crippen molar-refractivity contribution in [1.82, 2.24) is 20.2 Å². The number of aromatic nitrogens is 2. The number of piperidine rings is 2. The number of carbonyl (C=O) groups is 3. The van der Waals surface area contributed by atoms with Crippen LogP contribution in [0.1, 0.15) is 78.6 Å². The summed E-state index contributed by atoms with van der Waals surface area (Å²) in [5.74, 6) is -0.986. The van der Waals surface area contributed by atoms with Gasteiger partial charge in [-0.3, -0.25) is 18.6 Å². The second-order valence-electron chi connectivity index (χ2n) is 15.4. The normalized spacial score (nSPS) is 14.9. The first-order chi connectivity index (χ1) is 29.0. The van der Waals surface area contributed by atoms with Crippen LogP contribution in [0.3, 0.4) is 0 Å². The molecule has 0 atom stereocenters. The molecular formula is C43H55ClN6O10S2. The summed E-state index contributed by atoms with van der Waals surface area (Å²) in [7, 11) is -4.72. The Kier molecular flexibility index (Phi) is 17.7. The van der Waals surface area contributed by atoms with Crippen molar-refractivity contribution in [1.29, 1.82) is 0 Å². The molecular weight excluding hydrogens is 860 g/mol. The van der Waals surface area contributed by atoms with Gasteiger partial charge in [-0.1, -0.05) is 36.4 Å². The van der Waals surface area contributed by atoms with Gasteiger partial charge in [0.1, 0.15) is 5.60 Å². The number of sulfonamides is 2. The van der Waals surface area contributed by atoms with Crippen LogP contribution in [0, 0.1) is 0 Å². The number of rotatable bonds is 12. The number of likely N-dealkylation sites (tertiary alicyclic amines) is 1. The lowest BCUT2D eigenvalue weighted by Crippen LogP contribution is -2.48. The number of ether oxygens (including phenoxy) is 3. The number of amides is 1. The minimum atomic E-state index is -3.77. The number of nitrogens with zero attached hydrogens (tertiary/aromatic N) is 5. The predicted octanol–water partition coefficient (Wildman–Crippen LogP) is 5.98. The molecule has 2 aromatic carbocycles. The van der Waals surface area contributed by atoms with E-state index in [4.69, 9.17) is 9.47 Å². The molecule has 62 heavy (non-hydrogen) atoms. The second kappa shape index (κ2) is 22.2. The molecule has 0 bridgehead atoms. The number of carbonyl (C=O) groups excluding carboxylic acids is 3. The zero-order valence-corrected chi connectivity index (χ0v) is 38.0. The molecule has 2 aliphatic heterocycles. The fourth-order valence-electron chi connectivity index (χ4n) is 6.77. The maximum atomic E-state index is 13.7. The fraction of sp³-hybridized carbons (Fsp3) is 0.419. The lowest BCUT2D eigenvalue weighted by molar-refractivity contribution is 0.0217. The first-order valence-corrected chi connectivity index (χ1v) is 22.9. The summed E-state index contributed by atoms with van der Waals surface area (Å²) < 4.78 is 71.6. The number of hydrogen-bond donors (Lipinski definition) is 1. The van der Waals surface area contributed by atoms with Gasteiger partial charge in [0.15, 0.2) is 0 Å². The molecule has 2 aliphatic rings. The molecule has 1 N–H and O–H groups in total. The Hall–Kier alpha value is -5.30. The van der Waals surface area contributed by atoms with Crippen molar-refractivity contribution in [2.24, 2.45) is 0 Å². The van der Waals surface area contributed by atoms with Crippen molar-refractivity contribution in [2.45, 2.75) is 75.6 Å². The van der Waals surface area contributed by atoms with Crippen molar-refractivity contribution in [3.8, 4) is 0 Å². The van der Waals surface area contributed by atoms with Crippen molar-refractivity contribution < 1.29 is 45.4 Å². The van der Waals surface area contributed by atoms with Crippen molar-refractivity contribution in [3.05, 3.63) is 120 Å². The maximum absolute atomic E-state index is 13.7. The SMILES string of the molecule is COC(=O)c1ccc(CN(c2ccccc2)S(=O)(=O)C2CCN(C(=O)OC(C)(C)C)CC2)nc1.COC(=O)c1ccc(CN(c2ccccc2)S(=O)(=O)C2CCNCC2)nc1.Cl. The van der Waals surface area contributed by atoms with Crippen LogP contribution in [-0.4, -0.2) is 106 Å². The molecule has 336 valence electrons. The van der Waals surface area contributed by atoms with Crippen LogP contribution in [0.15, 0.2) is 97.3 Å². The highest BCUT2D eigenvalue weighted by Gasteiger charge is 2.38. The third-order valence-electron chi connectivity index (χ3n) is 10.0. The second-order valence-corrected chi connectivity index (χ2v) is 19.7. The van der Waals surface area contributed by atoms with Gasteiger partial charge in [0, 0.05) is 25.5 Å². The van der Waals surface area contributed by atoms with Crippen LogP contribution in [0.5, 0.6) is 0 Å². The summed E-state index contributed by atoms with van der Waals surface area (Å²) in [6, 6.07) is 24.3. The van der Waals surface area contributed by atoms with E-state index in [9.17, 15) is 31.2 Å². The first-order valence-electron chi connectivity index (χ1n) is 19.9. The molecule has 0 aliphatic carbocycles. The van der Waals surface area contributed by atoms with Crippen LogP contribution in [0.25, 0.3) is 0 Å². The maximum Gasteiger partial charge on any atom is 0.410 e. The third-order valence-corrected chi connectivity index (χ3v) is 14.6. The number of nitrogens with one attached hydrogen (secondary N) is 1. The molecule has 6 rings (SSSR count). The fourth-order valence-corrected chi connectivity index (χ4v) is 10.6. The summed E-state index contributed by atoms with van der Waals surface area (Å²) >= 11 is 0. The monoisotopic (exact) mass is 914 g/mol. The molecule has 0 unspecified atom stereocenters. The molecule has 2 fully saturated rings. The number of methoxy groups -OCH3 is 2. The number of hydrogen-bond acceptors (Lipinski definition) is 13. The summed E-state index contributed by atoms with van der Waals surface area (Å²) in [5.41, 5.74) is 2.19.